The number of hydrogen-bond acceptors (Lipinski definition) is 4. The van der Waals surface area contributed by atoms with Crippen molar-refractivity contribution in [3.05, 3.63) is 58.6 Å². The van der Waals surface area contributed by atoms with Gasteiger partial charge in [0.25, 0.3) is 0 Å². The maximum absolute atomic E-state index is 4.78. The molecular weight excluding hydrogens is 348 g/mol. The van der Waals surface area contributed by atoms with Crippen LogP contribution in [0.2, 0.25) is 0 Å². The van der Waals surface area contributed by atoms with E-state index < -0.39 is 0 Å². The maximum Gasteiger partial charge on any atom is 0.180 e. The van der Waals surface area contributed by atoms with Gasteiger partial charge in [0.1, 0.15) is 5.82 Å². The standard InChI is InChI=1S/C22H24N6/c1-2-8-16(9-3-1)21-18-14-17(10-4-5-11-19(18)24-26-21)22-23-20(25-27-22)15-28-12-6-7-13-28/h1-3,8-11,14,24H,4-7,12-13,15H2,(H,23,25,27)/b17-10+,18-14+,19-11?. The van der Waals surface area contributed by atoms with Crippen LogP contribution in [0.25, 0.3) is 29.0 Å². The number of benzene rings is 1. The summed E-state index contributed by atoms with van der Waals surface area (Å²) < 4.78 is 0. The molecular formula is C22H24N6. The van der Waals surface area contributed by atoms with Crippen LogP contribution in [-0.4, -0.2) is 43.4 Å². The summed E-state index contributed by atoms with van der Waals surface area (Å²) in [5, 5.41) is 17.6. The summed E-state index contributed by atoms with van der Waals surface area (Å²) in [7, 11) is 0. The van der Waals surface area contributed by atoms with Crippen LogP contribution in [0.15, 0.2) is 36.4 Å². The Morgan fingerprint density at radius 1 is 0.929 bits per heavy atom. The molecule has 1 fully saturated rings. The van der Waals surface area contributed by atoms with Crippen LogP contribution in [0.5, 0.6) is 0 Å². The van der Waals surface area contributed by atoms with Crippen molar-refractivity contribution in [1.82, 2.24) is 30.3 Å². The molecule has 0 radical (unpaired) electrons. The van der Waals surface area contributed by atoms with Crippen LogP contribution in [0.1, 0.15) is 37.3 Å². The van der Waals surface area contributed by atoms with Gasteiger partial charge in [0.15, 0.2) is 5.82 Å². The lowest BCUT2D eigenvalue weighted by Gasteiger charge is -2.11. The zero-order valence-electron chi connectivity index (χ0n) is 15.9. The van der Waals surface area contributed by atoms with Crippen LogP contribution in [0.4, 0.5) is 0 Å². The molecule has 2 aromatic heterocycles. The van der Waals surface area contributed by atoms with E-state index in [0.717, 1.165) is 71.5 Å². The third-order valence-electron chi connectivity index (χ3n) is 5.42. The molecule has 6 heteroatoms. The number of aromatic nitrogens is 5. The minimum Gasteiger partial charge on any atom is -0.296 e. The molecule has 0 amide bonds. The fourth-order valence-electron chi connectivity index (χ4n) is 3.97. The normalized spacial score (nSPS) is 20.3. The molecule has 2 aliphatic rings. The number of hydrogen-bond donors (Lipinski definition) is 2. The smallest absolute Gasteiger partial charge is 0.180 e. The third-order valence-corrected chi connectivity index (χ3v) is 5.42. The van der Waals surface area contributed by atoms with E-state index in [-0.39, 0.29) is 0 Å². The molecule has 0 bridgehead atoms. The van der Waals surface area contributed by atoms with E-state index in [1.807, 2.05) is 18.2 Å². The van der Waals surface area contributed by atoms with Gasteiger partial charge in [-0.2, -0.15) is 10.2 Å². The Hall–Kier alpha value is -2.99. The topological polar surface area (TPSA) is 73.5 Å². The van der Waals surface area contributed by atoms with Crippen molar-refractivity contribution < 1.29 is 0 Å². The first-order valence-electron chi connectivity index (χ1n) is 10.0. The van der Waals surface area contributed by atoms with Crippen LogP contribution in [-0.2, 0) is 6.54 Å². The Labute approximate surface area is 163 Å². The number of likely N-dealkylation sites (tertiary alicyclic amines) is 1. The Morgan fingerprint density at radius 2 is 1.75 bits per heavy atom. The highest BCUT2D eigenvalue weighted by molar-refractivity contribution is 5.87. The number of allylic oxidation sites excluding steroid dienone is 2. The lowest BCUT2D eigenvalue weighted by molar-refractivity contribution is 0.323. The summed E-state index contributed by atoms with van der Waals surface area (Å²) in [5.74, 6) is 1.71. The van der Waals surface area contributed by atoms with Crippen molar-refractivity contribution in [2.45, 2.75) is 32.2 Å². The van der Waals surface area contributed by atoms with Crippen molar-refractivity contribution in [3.8, 4) is 11.3 Å². The van der Waals surface area contributed by atoms with E-state index in [4.69, 9.17) is 4.98 Å². The van der Waals surface area contributed by atoms with E-state index in [2.05, 4.69) is 55.7 Å². The van der Waals surface area contributed by atoms with Gasteiger partial charge in [-0.25, -0.2) is 4.98 Å². The molecule has 142 valence electrons. The molecule has 6 nitrogen and oxygen atoms in total. The molecule has 28 heavy (non-hydrogen) atoms. The van der Waals surface area contributed by atoms with Crippen molar-refractivity contribution in [2.75, 3.05) is 13.1 Å². The van der Waals surface area contributed by atoms with Crippen LogP contribution >= 0.6 is 0 Å². The van der Waals surface area contributed by atoms with Crippen molar-refractivity contribution >= 4 is 17.7 Å². The molecule has 2 N–H and O–H groups in total. The number of fused-ring (bicyclic) bond motifs is 1. The Kier molecular flexibility index (Phi) is 4.62. The average molecular weight is 372 g/mol. The highest BCUT2D eigenvalue weighted by Gasteiger charge is 2.15. The largest absolute Gasteiger partial charge is 0.296 e. The molecule has 1 aromatic carbocycles. The predicted molar refractivity (Wildman–Crippen MR) is 110 cm³/mol. The first kappa shape index (κ1) is 17.1. The molecule has 0 unspecified atom stereocenters. The van der Waals surface area contributed by atoms with Crippen LogP contribution < -0.4 is 10.6 Å². The number of nitrogens with one attached hydrogen (secondary N) is 2. The summed E-state index contributed by atoms with van der Waals surface area (Å²) in [5.41, 5.74) is 3.12. The lowest BCUT2D eigenvalue weighted by Crippen LogP contribution is -2.24. The second-order valence-electron chi connectivity index (χ2n) is 7.44. The summed E-state index contributed by atoms with van der Waals surface area (Å²) in [6.45, 7) is 3.15. The first-order valence-corrected chi connectivity index (χ1v) is 10.0. The van der Waals surface area contributed by atoms with Gasteiger partial charge in [-0.1, -0.05) is 42.5 Å². The average Bonchev–Trinajstić information content (AvgIpc) is 3.45. The number of aromatic amines is 2. The van der Waals surface area contributed by atoms with E-state index >= 15 is 0 Å². The van der Waals surface area contributed by atoms with Crippen molar-refractivity contribution in [3.63, 3.8) is 0 Å². The zero-order valence-corrected chi connectivity index (χ0v) is 15.9. The second-order valence-corrected chi connectivity index (χ2v) is 7.44. The highest BCUT2D eigenvalue weighted by atomic mass is 15.3. The van der Waals surface area contributed by atoms with Gasteiger partial charge in [-0.05, 0) is 44.8 Å². The van der Waals surface area contributed by atoms with Gasteiger partial charge >= 0.3 is 0 Å². The van der Waals surface area contributed by atoms with Gasteiger partial charge in [0.2, 0.25) is 0 Å². The Bertz CT molecular complexity index is 1100. The number of H-pyrrole nitrogens is 2. The quantitative estimate of drug-likeness (QED) is 0.737. The minimum absolute atomic E-state index is 0.766. The van der Waals surface area contributed by atoms with E-state index in [1.54, 1.807) is 0 Å². The molecule has 1 aliphatic carbocycles. The predicted octanol–water partition coefficient (Wildman–Crippen LogP) is 2.23. The molecule has 3 aromatic rings. The first-order chi connectivity index (χ1) is 13.9. The van der Waals surface area contributed by atoms with Gasteiger partial charge in [-0.3, -0.25) is 15.1 Å². The monoisotopic (exact) mass is 372 g/mol. The second kappa shape index (κ2) is 7.56. The third kappa shape index (κ3) is 3.43. The van der Waals surface area contributed by atoms with Gasteiger partial charge < -0.3 is 0 Å². The molecule has 3 heterocycles. The summed E-state index contributed by atoms with van der Waals surface area (Å²) in [6.07, 6.45) is 11.1. The van der Waals surface area contributed by atoms with E-state index in [9.17, 15) is 0 Å². The zero-order chi connectivity index (χ0) is 18.8. The molecule has 0 saturated carbocycles. The van der Waals surface area contributed by atoms with E-state index in [1.165, 1.54) is 12.8 Å². The van der Waals surface area contributed by atoms with Crippen molar-refractivity contribution in [1.29, 1.82) is 0 Å². The molecule has 1 aliphatic heterocycles. The SMILES string of the molecule is C1=c2[nH]nc(-c3ccccc3)/c2=C/C(c2n[nH]c(CN3CCCC3)n2)=C\CC1. The molecule has 1 saturated heterocycles. The summed E-state index contributed by atoms with van der Waals surface area (Å²) in [6, 6.07) is 10.3. The van der Waals surface area contributed by atoms with Crippen LogP contribution in [0, 0.1) is 0 Å². The lowest BCUT2D eigenvalue weighted by atomic mass is 10.0. The fraction of sp³-hybridized carbons (Fsp3) is 0.318. The van der Waals surface area contributed by atoms with Gasteiger partial charge in [0, 0.05) is 16.4 Å². The number of rotatable bonds is 4. The molecule has 0 spiro atoms. The minimum atomic E-state index is 0.766. The summed E-state index contributed by atoms with van der Waals surface area (Å²) >= 11 is 0. The van der Waals surface area contributed by atoms with Gasteiger partial charge in [-0.15, -0.1) is 0 Å². The summed E-state index contributed by atoms with van der Waals surface area (Å²) in [4.78, 5) is 7.21. The molecule has 5 rings (SSSR count). The highest BCUT2D eigenvalue weighted by Crippen LogP contribution is 2.18. The van der Waals surface area contributed by atoms with E-state index in [0.29, 0.717) is 0 Å². The number of nitrogens with zero attached hydrogens (tertiary/aromatic N) is 4. The van der Waals surface area contributed by atoms with Gasteiger partial charge in [0.05, 0.1) is 17.6 Å². The Morgan fingerprint density at radius 3 is 2.61 bits per heavy atom. The fourth-order valence-corrected chi connectivity index (χ4v) is 3.97. The van der Waals surface area contributed by atoms with Crippen LogP contribution in [0.3, 0.4) is 0 Å². The molecule has 0 atom stereocenters. The maximum atomic E-state index is 4.78. The van der Waals surface area contributed by atoms with Crippen molar-refractivity contribution in [2.24, 2.45) is 0 Å². The Balaban J connectivity index is 1.52.